The van der Waals surface area contributed by atoms with Crippen molar-refractivity contribution in [1.29, 1.82) is 5.26 Å². The van der Waals surface area contributed by atoms with Gasteiger partial charge in [-0.1, -0.05) is 6.07 Å². The standard InChI is InChI=1S/C20H21N5O5S/c21-12-14(19(26)22-15-4-10-31(28,29)13-15)11-16-18(24-6-8-30-9-7-24)23-17-3-1-2-5-25(17)20(16)27/h1-3,5,11,15H,4,6-10,13H2,(H,22,26)/b14-11-/t15-/m0/s1. The van der Waals surface area contributed by atoms with Gasteiger partial charge in [-0.2, -0.15) is 5.26 Å². The van der Waals surface area contributed by atoms with E-state index in [1.54, 1.807) is 24.4 Å². The highest BCUT2D eigenvalue weighted by atomic mass is 32.2. The van der Waals surface area contributed by atoms with Gasteiger partial charge in [0.15, 0.2) is 9.84 Å². The smallest absolute Gasteiger partial charge is 0.267 e. The Hall–Kier alpha value is -3.23. The number of aromatic nitrogens is 2. The molecule has 31 heavy (non-hydrogen) atoms. The first-order valence-corrected chi connectivity index (χ1v) is 11.7. The normalized spacial score (nSPS) is 21.1. The molecule has 0 radical (unpaired) electrons. The Morgan fingerprint density at radius 1 is 1.32 bits per heavy atom. The van der Waals surface area contributed by atoms with E-state index >= 15 is 0 Å². The highest BCUT2D eigenvalue weighted by Gasteiger charge is 2.30. The molecule has 0 spiro atoms. The maximum atomic E-state index is 13.2. The lowest BCUT2D eigenvalue weighted by Gasteiger charge is -2.29. The third kappa shape index (κ3) is 4.45. The molecule has 4 heterocycles. The van der Waals surface area contributed by atoms with Crippen molar-refractivity contribution in [3.05, 3.63) is 45.9 Å². The van der Waals surface area contributed by atoms with Crippen molar-refractivity contribution in [1.82, 2.24) is 14.7 Å². The Labute approximate surface area is 178 Å². The van der Waals surface area contributed by atoms with Crippen LogP contribution in [-0.2, 0) is 19.4 Å². The van der Waals surface area contributed by atoms with Gasteiger partial charge in [-0.05, 0) is 24.6 Å². The minimum absolute atomic E-state index is 0.000664. The number of nitrogens with zero attached hydrogens (tertiary/aromatic N) is 4. The molecule has 0 aromatic carbocycles. The van der Waals surface area contributed by atoms with E-state index in [2.05, 4.69) is 10.3 Å². The summed E-state index contributed by atoms with van der Waals surface area (Å²) >= 11 is 0. The van der Waals surface area contributed by atoms with Gasteiger partial charge in [0.1, 0.15) is 23.1 Å². The van der Waals surface area contributed by atoms with Gasteiger partial charge in [0.05, 0.1) is 30.3 Å². The number of carbonyl (C=O) groups is 1. The summed E-state index contributed by atoms with van der Waals surface area (Å²) in [5.41, 5.74) is -0.119. The average Bonchev–Trinajstić information content (AvgIpc) is 3.11. The van der Waals surface area contributed by atoms with E-state index in [0.717, 1.165) is 0 Å². The van der Waals surface area contributed by atoms with Gasteiger partial charge >= 0.3 is 0 Å². The quantitative estimate of drug-likeness (QED) is 0.505. The SMILES string of the molecule is N#C/C(=C/c1c(N2CCOCC2)nc2ccccn2c1=O)C(=O)N[C@H]1CCS(=O)(=O)C1. The van der Waals surface area contributed by atoms with Crippen molar-refractivity contribution in [2.24, 2.45) is 0 Å². The van der Waals surface area contributed by atoms with Crippen molar-refractivity contribution in [3.8, 4) is 6.07 Å². The van der Waals surface area contributed by atoms with E-state index in [4.69, 9.17) is 4.74 Å². The third-order valence-corrected chi connectivity index (χ3v) is 7.05. The number of anilines is 1. The summed E-state index contributed by atoms with van der Waals surface area (Å²) in [6, 6.07) is 6.44. The third-order valence-electron chi connectivity index (χ3n) is 5.28. The number of ether oxygens (including phenoxy) is 1. The van der Waals surface area contributed by atoms with E-state index in [1.807, 2.05) is 11.0 Å². The average molecular weight is 443 g/mol. The Morgan fingerprint density at radius 3 is 2.77 bits per heavy atom. The maximum Gasteiger partial charge on any atom is 0.267 e. The Bertz CT molecular complexity index is 1250. The van der Waals surface area contributed by atoms with E-state index < -0.39 is 27.3 Å². The predicted molar refractivity (Wildman–Crippen MR) is 113 cm³/mol. The van der Waals surface area contributed by atoms with E-state index in [-0.39, 0.29) is 22.6 Å². The molecule has 4 rings (SSSR count). The van der Waals surface area contributed by atoms with E-state index in [1.165, 1.54) is 10.5 Å². The van der Waals surface area contributed by atoms with Crippen LogP contribution in [-0.4, -0.2) is 67.6 Å². The molecule has 1 amide bonds. The predicted octanol–water partition coefficient (Wildman–Crippen LogP) is -0.259. The Balaban J connectivity index is 1.74. The number of sulfone groups is 1. The molecule has 0 bridgehead atoms. The summed E-state index contributed by atoms with van der Waals surface area (Å²) in [6.07, 6.45) is 3.10. The molecule has 2 aliphatic rings. The van der Waals surface area contributed by atoms with Crippen LogP contribution in [0.25, 0.3) is 11.7 Å². The molecular weight excluding hydrogens is 422 g/mol. The number of morpholine rings is 1. The zero-order chi connectivity index (χ0) is 22.0. The van der Waals surface area contributed by atoms with Crippen molar-refractivity contribution in [2.75, 3.05) is 42.7 Å². The number of pyridine rings is 1. The van der Waals surface area contributed by atoms with Crippen molar-refractivity contribution < 1.29 is 17.9 Å². The molecule has 2 fully saturated rings. The van der Waals surface area contributed by atoms with Gasteiger partial charge in [0.2, 0.25) is 0 Å². The van der Waals surface area contributed by atoms with Gasteiger partial charge in [0, 0.05) is 25.3 Å². The highest BCUT2D eigenvalue weighted by molar-refractivity contribution is 7.91. The second kappa shape index (κ2) is 8.49. The largest absolute Gasteiger partial charge is 0.378 e. The first kappa shape index (κ1) is 21.0. The second-order valence-corrected chi connectivity index (χ2v) is 9.65. The lowest BCUT2D eigenvalue weighted by atomic mass is 10.1. The first-order chi connectivity index (χ1) is 14.9. The van der Waals surface area contributed by atoms with Crippen molar-refractivity contribution >= 4 is 33.3 Å². The maximum absolute atomic E-state index is 13.2. The molecule has 1 atom stereocenters. The molecule has 2 aromatic heterocycles. The van der Waals surface area contributed by atoms with Crippen LogP contribution in [0.2, 0.25) is 0 Å². The lowest BCUT2D eigenvalue weighted by molar-refractivity contribution is -0.117. The number of hydrogen-bond acceptors (Lipinski definition) is 8. The Kier molecular flexibility index (Phi) is 5.75. The van der Waals surface area contributed by atoms with Crippen LogP contribution in [0.1, 0.15) is 12.0 Å². The molecule has 11 heteroatoms. The number of rotatable bonds is 4. The fourth-order valence-electron chi connectivity index (χ4n) is 3.70. The van der Waals surface area contributed by atoms with Gasteiger partial charge < -0.3 is 15.0 Å². The molecule has 0 unspecified atom stereocenters. The number of nitrogens with one attached hydrogen (secondary N) is 1. The zero-order valence-electron chi connectivity index (χ0n) is 16.7. The summed E-state index contributed by atoms with van der Waals surface area (Å²) in [4.78, 5) is 32.3. The molecule has 2 aliphatic heterocycles. The molecule has 2 aromatic rings. The molecule has 10 nitrogen and oxygen atoms in total. The van der Waals surface area contributed by atoms with E-state index in [9.17, 15) is 23.3 Å². The summed E-state index contributed by atoms with van der Waals surface area (Å²) in [7, 11) is -3.18. The van der Waals surface area contributed by atoms with Gasteiger partial charge in [-0.15, -0.1) is 0 Å². The van der Waals surface area contributed by atoms with Crippen LogP contribution in [0, 0.1) is 11.3 Å². The van der Waals surface area contributed by atoms with Crippen molar-refractivity contribution in [2.45, 2.75) is 12.5 Å². The molecule has 2 saturated heterocycles. The van der Waals surface area contributed by atoms with Crippen LogP contribution in [0.5, 0.6) is 0 Å². The van der Waals surface area contributed by atoms with Crippen LogP contribution in [0.3, 0.4) is 0 Å². The summed E-state index contributed by atoms with van der Waals surface area (Å²) in [6.45, 7) is 1.98. The monoisotopic (exact) mass is 443 g/mol. The molecule has 162 valence electrons. The summed E-state index contributed by atoms with van der Waals surface area (Å²) in [5.74, 6) is -0.490. The summed E-state index contributed by atoms with van der Waals surface area (Å²) < 4.78 is 30.0. The van der Waals surface area contributed by atoms with Gasteiger partial charge in [-0.25, -0.2) is 13.4 Å². The zero-order valence-corrected chi connectivity index (χ0v) is 17.5. The number of nitriles is 1. The Morgan fingerprint density at radius 2 is 2.10 bits per heavy atom. The number of carbonyl (C=O) groups excluding carboxylic acids is 1. The minimum atomic E-state index is -3.18. The second-order valence-electron chi connectivity index (χ2n) is 7.43. The van der Waals surface area contributed by atoms with E-state index in [0.29, 0.717) is 44.2 Å². The first-order valence-electron chi connectivity index (χ1n) is 9.85. The number of hydrogen-bond donors (Lipinski definition) is 1. The molecular formula is C20H21N5O5S. The molecule has 0 saturated carbocycles. The minimum Gasteiger partial charge on any atom is -0.378 e. The topological polar surface area (TPSA) is 134 Å². The van der Waals surface area contributed by atoms with Crippen molar-refractivity contribution in [3.63, 3.8) is 0 Å². The van der Waals surface area contributed by atoms with Gasteiger partial charge in [0.25, 0.3) is 11.5 Å². The number of fused-ring (bicyclic) bond motifs is 1. The fourth-order valence-corrected chi connectivity index (χ4v) is 5.37. The van der Waals surface area contributed by atoms with Gasteiger partial charge in [-0.3, -0.25) is 14.0 Å². The highest BCUT2D eigenvalue weighted by Crippen LogP contribution is 2.20. The molecule has 0 aliphatic carbocycles. The fraction of sp³-hybridized carbons (Fsp3) is 0.400. The molecule has 1 N–H and O–H groups in total. The summed E-state index contributed by atoms with van der Waals surface area (Å²) in [5, 5.41) is 12.2. The van der Waals surface area contributed by atoms with Crippen LogP contribution in [0.15, 0.2) is 34.8 Å². The van der Waals surface area contributed by atoms with Crippen LogP contribution >= 0.6 is 0 Å². The van der Waals surface area contributed by atoms with Crippen LogP contribution in [0.4, 0.5) is 5.82 Å². The number of amides is 1. The van der Waals surface area contributed by atoms with Crippen LogP contribution < -0.4 is 15.8 Å². The lowest BCUT2D eigenvalue weighted by Crippen LogP contribution is -2.39.